The fraction of sp³-hybridized carbons (Fsp3) is 0.368. The number of carbonyl (C=O) groups is 2. The molecule has 1 aliphatic heterocycles. The van der Waals surface area contributed by atoms with Gasteiger partial charge in [0.15, 0.2) is 0 Å². The van der Waals surface area contributed by atoms with E-state index in [1.165, 1.54) is 26.3 Å². The van der Waals surface area contributed by atoms with Crippen molar-refractivity contribution in [1.82, 2.24) is 9.62 Å². The number of hydrogen-bond acceptors (Lipinski definition) is 5. The molecule has 8 nitrogen and oxygen atoms in total. The van der Waals surface area contributed by atoms with Gasteiger partial charge in [-0.1, -0.05) is 0 Å². The van der Waals surface area contributed by atoms with E-state index in [1.54, 1.807) is 29.2 Å². The van der Waals surface area contributed by atoms with Crippen LogP contribution in [0.25, 0.3) is 0 Å². The molecule has 1 aliphatic rings. The molecule has 2 amide bonds. The molecule has 0 radical (unpaired) electrons. The van der Waals surface area contributed by atoms with Crippen molar-refractivity contribution in [2.24, 2.45) is 0 Å². The second kappa shape index (κ2) is 7.76. The van der Waals surface area contributed by atoms with Gasteiger partial charge in [0.1, 0.15) is 5.76 Å². The van der Waals surface area contributed by atoms with Gasteiger partial charge in [-0.25, -0.2) is 8.42 Å². The van der Waals surface area contributed by atoms with Crippen LogP contribution in [0.3, 0.4) is 0 Å². The lowest BCUT2D eigenvalue weighted by Crippen LogP contribution is -2.38. The van der Waals surface area contributed by atoms with Gasteiger partial charge in [-0.15, -0.1) is 0 Å². The SMILES string of the molecule is CC(=O)N1c2ccc(S(=O)(=O)N(C)CC(=O)NCc3ccco3)cc2CC1C. The maximum Gasteiger partial charge on any atom is 0.243 e. The maximum absolute atomic E-state index is 12.8. The third kappa shape index (κ3) is 3.95. The molecular formula is C19H23N3O5S. The molecule has 1 aromatic carbocycles. The van der Waals surface area contributed by atoms with Crippen LogP contribution in [0.2, 0.25) is 0 Å². The molecule has 3 rings (SSSR count). The average molecular weight is 405 g/mol. The summed E-state index contributed by atoms with van der Waals surface area (Å²) in [5, 5.41) is 2.62. The van der Waals surface area contributed by atoms with Crippen molar-refractivity contribution in [3.05, 3.63) is 47.9 Å². The lowest BCUT2D eigenvalue weighted by Gasteiger charge is -2.21. The molecule has 0 saturated carbocycles. The molecule has 28 heavy (non-hydrogen) atoms. The van der Waals surface area contributed by atoms with Gasteiger partial charge in [0, 0.05) is 25.7 Å². The monoisotopic (exact) mass is 405 g/mol. The predicted octanol–water partition coefficient (Wildman–Crippen LogP) is 1.51. The Hall–Kier alpha value is -2.65. The Morgan fingerprint density at radius 1 is 1.32 bits per heavy atom. The fourth-order valence-electron chi connectivity index (χ4n) is 3.37. The Morgan fingerprint density at radius 2 is 2.07 bits per heavy atom. The van der Waals surface area contributed by atoms with E-state index in [1.807, 2.05) is 6.92 Å². The van der Waals surface area contributed by atoms with Crippen LogP contribution in [0, 0.1) is 0 Å². The van der Waals surface area contributed by atoms with E-state index in [4.69, 9.17) is 4.42 Å². The van der Waals surface area contributed by atoms with Crippen molar-refractivity contribution in [2.45, 2.75) is 37.8 Å². The summed E-state index contributed by atoms with van der Waals surface area (Å²) in [7, 11) is -2.48. The van der Waals surface area contributed by atoms with Crippen LogP contribution in [0.15, 0.2) is 45.9 Å². The third-order valence-electron chi connectivity index (χ3n) is 4.72. The number of nitrogens with zero attached hydrogens (tertiary/aromatic N) is 2. The summed E-state index contributed by atoms with van der Waals surface area (Å²) in [6.45, 7) is 3.30. The summed E-state index contributed by atoms with van der Waals surface area (Å²) < 4.78 is 31.8. The molecule has 150 valence electrons. The highest BCUT2D eigenvalue weighted by molar-refractivity contribution is 7.89. The smallest absolute Gasteiger partial charge is 0.243 e. The molecule has 2 heterocycles. The highest BCUT2D eigenvalue weighted by Crippen LogP contribution is 2.34. The minimum absolute atomic E-state index is 0.0180. The molecule has 0 bridgehead atoms. The zero-order valence-electron chi connectivity index (χ0n) is 16.0. The molecule has 0 fully saturated rings. The number of rotatable bonds is 6. The van der Waals surface area contributed by atoms with Crippen molar-refractivity contribution >= 4 is 27.5 Å². The predicted molar refractivity (Wildman–Crippen MR) is 103 cm³/mol. The van der Waals surface area contributed by atoms with Gasteiger partial charge in [0.2, 0.25) is 21.8 Å². The second-order valence-electron chi connectivity index (χ2n) is 6.85. The number of carbonyl (C=O) groups excluding carboxylic acids is 2. The minimum atomic E-state index is -3.84. The zero-order chi connectivity index (χ0) is 20.5. The zero-order valence-corrected chi connectivity index (χ0v) is 16.8. The molecule has 2 aromatic rings. The first-order valence-corrected chi connectivity index (χ1v) is 10.3. The number of amides is 2. The van der Waals surface area contributed by atoms with E-state index in [0.29, 0.717) is 12.2 Å². The van der Waals surface area contributed by atoms with Crippen LogP contribution in [0.1, 0.15) is 25.2 Å². The Morgan fingerprint density at radius 3 is 2.71 bits per heavy atom. The number of benzene rings is 1. The van der Waals surface area contributed by atoms with E-state index in [9.17, 15) is 18.0 Å². The molecular weight excluding hydrogens is 382 g/mol. The lowest BCUT2D eigenvalue weighted by molar-refractivity contribution is -0.121. The molecule has 1 unspecified atom stereocenters. The van der Waals surface area contributed by atoms with E-state index in [0.717, 1.165) is 15.6 Å². The minimum Gasteiger partial charge on any atom is -0.467 e. The summed E-state index contributed by atoms with van der Waals surface area (Å²) >= 11 is 0. The normalized spacial score (nSPS) is 16.3. The van der Waals surface area contributed by atoms with Crippen molar-refractivity contribution in [3.63, 3.8) is 0 Å². The highest BCUT2D eigenvalue weighted by atomic mass is 32.2. The van der Waals surface area contributed by atoms with Gasteiger partial charge in [-0.2, -0.15) is 4.31 Å². The fourth-order valence-corrected chi connectivity index (χ4v) is 4.55. The van der Waals surface area contributed by atoms with Gasteiger partial charge in [-0.05, 0) is 49.2 Å². The van der Waals surface area contributed by atoms with Crippen LogP contribution < -0.4 is 10.2 Å². The number of hydrogen-bond donors (Lipinski definition) is 1. The molecule has 1 atom stereocenters. The van der Waals surface area contributed by atoms with Crippen LogP contribution in [-0.4, -0.2) is 44.2 Å². The summed E-state index contributed by atoms with van der Waals surface area (Å²) in [6.07, 6.45) is 2.09. The number of nitrogens with one attached hydrogen (secondary N) is 1. The number of fused-ring (bicyclic) bond motifs is 1. The molecule has 0 saturated heterocycles. The molecule has 9 heteroatoms. The van der Waals surface area contributed by atoms with E-state index in [2.05, 4.69) is 5.32 Å². The Balaban J connectivity index is 1.71. The Bertz CT molecular complexity index is 985. The van der Waals surface area contributed by atoms with Gasteiger partial charge in [-0.3, -0.25) is 9.59 Å². The van der Waals surface area contributed by atoms with Crippen LogP contribution in [0.5, 0.6) is 0 Å². The topological polar surface area (TPSA) is 99.9 Å². The van der Waals surface area contributed by atoms with E-state index < -0.39 is 15.9 Å². The molecule has 0 spiro atoms. The first-order valence-electron chi connectivity index (χ1n) is 8.88. The van der Waals surface area contributed by atoms with E-state index >= 15 is 0 Å². The molecule has 1 N–H and O–H groups in total. The van der Waals surface area contributed by atoms with Crippen LogP contribution in [0.4, 0.5) is 5.69 Å². The lowest BCUT2D eigenvalue weighted by atomic mass is 10.1. The summed E-state index contributed by atoms with van der Waals surface area (Å²) in [5.41, 5.74) is 1.54. The van der Waals surface area contributed by atoms with Gasteiger partial charge in [0.25, 0.3) is 0 Å². The highest BCUT2D eigenvalue weighted by Gasteiger charge is 2.31. The number of anilines is 1. The van der Waals surface area contributed by atoms with Crippen LogP contribution >= 0.6 is 0 Å². The maximum atomic E-state index is 12.8. The number of sulfonamides is 1. The van der Waals surface area contributed by atoms with Crippen molar-refractivity contribution < 1.29 is 22.4 Å². The largest absolute Gasteiger partial charge is 0.467 e. The van der Waals surface area contributed by atoms with Gasteiger partial charge >= 0.3 is 0 Å². The Kier molecular flexibility index (Phi) is 5.57. The molecule has 0 aliphatic carbocycles. The second-order valence-corrected chi connectivity index (χ2v) is 8.89. The summed E-state index contributed by atoms with van der Waals surface area (Å²) in [6, 6.07) is 8.12. The van der Waals surface area contributed by atoms with Crippen LogP contribution in [-0.2, 0) is 32.6 Å². The standard InChI is InChI=1S/C19H23N3O5S/c1-13-9-15-10-17(6-7-18(15)22(13)14(2)23)28(25,26)21(3)12-19(24)20-11-16-5-4-8-27-16/h4-8,10,13H,9,11-12H2,1-3H3,(H,20,24). The van der Waals surface area contributed by atoms with Crippen molar-refractivity contribution in [2.75, 3.05) is 18.5 Å². The summed E-state index contributed by atoms with van der Waals surface area (Å²) in [5.74, 6) is 0.0776. The van der Waals surface area contributed by atoms with Gasteiger partial charge in [0.05, 0.1) is 24.2 Å². The molecule has 1 aromatic heterocycles. The number of furan rings is 1. The first kappa shape index (κ1) is 20.1. The Labute approximate surface area is 164 Å². The number of likely N-dealkylation sites (N-methyl/N-ethyl adjacent to an activating group) is 1. The first-order chi connectivity index (χ1) is 13.2. The van der Waals surface area contributed by atoms with Crippen molar-refractivity contribution in [1.29, 1.82) is 0 Å². The summed E-state index contributed by atoms with van der Waals surface area (Å²) in [4.78, 5) is 25.7. The van der Waals surface area contributed by atoms with Crippen molar-refractivity contribution in [3.8, 4) is 0 Å². The van der Waals surface area contributed by atoms with Gasteiger partial charge < -0.3 is 14.6 Å². The average Bonchev–Trinajstić information content (AvgIpc) is 3.25. The quantitative estimate of drug-likeness (QED) is 0.785. The van der Waals surface area contributed by atoms with E-state index in [-0.39, 0.29) is 29.9 Å². The third-order valence-corrected chi connectivity index (χ3v) is 6.52.